The number of carbonyl (C=O) groups excluding carboxylic acids is 2. The molecule has 1 aliphatic rings. The Labute approximate surface area is 97.3 Å². The van der Waals surface area contributed by atoms with E-state index < -0.39 is 17.8 Å². The lowest BCUT2D eigenvalue weighted by molar-refractivity contribution is -0.122. The van der Waals surface area contributed by atoms with Crippen LogP contribution in [0.25, 0.3) is 6.08 Å². The summed E-state index contributed by atoms with van der Waals surface area (Å²) in [6.45, 7) is 0.442. The number of carbonyl (C=O) groups is 2. The molecule has 88 valence electrons. The average Bonchev–Trinajstić information content (AvgIpc) is 2.74. The van der Waals surface area contributed by atoms with Crippen LogP contribution in [0.3, 0.4) is 0 Å². The van der Waals surface area contributed by atoms with Gasteiger partial charge in [-0.15, -0.1) is 0 Å². The molecule has 0 unspecified atom stereocenters. The fourth-order valence-electron chi connectivity index (χ4n) is 1.45. The van der Waals surface area contributed by atoms with Crippen molar-refractivity contribution in [3.05, 3.63) is 41.7 Å². The van der Waals surface area contributed by atoms with Gasteiger partial charge in [0.15, 0.2) is 0 Å². The van der Waals surface area contributed by atoms with Gasteiger partial charge in [-0.2, -0.15) is 0 Å². The van der Waals surface area contributed by atoms with E-state index in [1.807, 2.05) is 0 Å². The summed E-state index contributed by atoms with van der Waals surface area (Å²) in [5.41, 5.74) is 0.299. The standard InChI is InChI=1S/C12H10FNO3/c13-10-4-2-1-3-9(10)5-6-11(15)14-7-8-17-12(14)16/h1-6H,7-8H2. The van der Waals surface area contributed by atoms with Crippen LogP contribution < -0.4 is 0 Å². The predicted octanol–water partition coefficient (Wildman–Crippen LogP) is 1.82. The second kappa shape index (κ2) is 4.78. The first-order chi connectivity index (χ1) is 8.18. The quantitative estimate of drug-likeness (QED) is 0.734. The van der Waals surface area contributed by atoms with E-state index in [-0.39, 0.29) is 13.2 Å². The van der Waals surface area contributed by atoms with E-state index in [0.29, 0.717) is 5.56 Å². The topological polar surface area (TPSA) is 46.6 Å². The van der Waals surface area contributed by atoms with Gasteiger partial charge in [0.25, 0.3) is 5.91 Å². The van der Waals surface area contributed by atoms with Crippen molar-refractivity contribution in [3.8, 4) is 0 Å². The van der Waals surface area contributed by atoms with Gasteiger partial charge >= 0.3 is 6.09 Å². The number of nitrogens with zero attached hydrogens (tertiary/aromatic N) is 1. The summed E-state index contributed by atoms with van der Waals surface area (Å²) < 4.78 is 17.8. The third kappa shape index (κ3) is 2.50. The first-order valence-corrected chi connectivity index (χ1v) is 5.09. The third-order valence-electron chi connectivity index (χ3n) is 2.34. The molecule has 1 aromatic rings. The molecule has 1 aromatic carbocycles. The predicted molar refractivity (Wildman–Crippen MR) is 58.5 cm³/mol. The van der Waals surface area contributed by atoms with E-state index in [1.165, 1.54) is 12.1 Å². The SMILES string of the molecule is O=C(C=Cc1ccccc1F)N1CCOC1=O. The molecule has 5 heteroatoms. The number of ether oxygens (including phenoxy) is 1. The van der Waals surface area contributed by atoms with Crippen LogP contribution in [0.2, 0.25) is 0 Å². The molecule has 0 aromatic heterocycles. The van der Waals surface area contributed by atoms with Gasteiger partial charge in [0, 0.05) is 11.6 Å². The van der Waals surface area contributed by atoms with Gasteiger partial charge in [-0.05, 0) is 12.1 Å². The van der Waals surface area contributed by atoms with Crippen molar-refractivity contribution < 1.29 is 18.7 Å². The van der Waals surface area contributed by atoms with Crippen LogP contribution >= 0.6 is 0 Å². The Morgan fingerprint density at radius 3 is 2.82 bits per heavy atom. The Morgan fingerprint density at radius 1 is 1.41 bits per heavy atom. The summed E-state index contributed by atoms with van der Waals surface area (Å²) in [4.78, 5) is 23.6. The summed E-state index contributed by atoms with van der Waals surface area (Å²) >= 11 is 0. The van der Waals surface area contributed by atoms with Crippen molar-refractivity contribution in [2.45, 2.75) is 0 Å². The fraction of sp³-hybridized carbons (Fsp3) is 0.167. The Morgan fingerprint density at radius 2 is 2.18 bits per heavy atom. The highest BCUT2D eigenvalue weighted by Crippen LogP contribution is 2.10. The molecule has 0 spiro atoms. The maximum absolute atomic E-state index is 13.2. The zero-order valence-corrected chi connectivity index (χ0v) is 8.93. The lowest BCUT2D eigenvalue weighted by Gasteiger charge is -2.06. The first kappa shape index (κ1) is 11.3. The minimum absolute atomic E-state index is 0.206. The molecular formula is C12H10FNO3. The van der Waals surface area contributed by atoms with Crippen molar-refractivity contribution in [1.29, 1.82) is 0 Å². The van der Waals surface area contributed by atoms with E-state index in [9.17, 15) is 14.0 Å². The minimum Gasteiger partial charge on any atom is -0.447 e. The highest BCUT2D eigenvalue weighted by Gasteiger charge is 2.26. The lowest BCUT2D eigenvalue weighted by Crippen LogP contribution is -2.29. The Hall–Kier alpha value is -2.17. The van der Waals surface area contributed by atoms with Crippen LogP contribution in [-0.4, -0.2) is 30.1 Å². The molecule has 0 radical (unpaired) electrons. The third-order valence-corrected chi connectivity index (χ3v) is 2.34. The van der Waals surface area contributed by atoms with Gasteiger partial charge in [0.1, 0.15) is 12.4 Å². The van der Waals surface area contributed by atoms with Crippen molar-refractivity contribution in [3.63, 3.8) is 0 Å². The second-order valence-corrected chi connectivity index (χ2v) is 3.46. The molecule has 1 saturated heterocycles. The number of rotatable bonds is 2. The molecule has 1 heterocycles. The number of halogens is 1. The largest absolute Gasteiger partial charge is 0.447 e. The van der Waals surface area contributed by atoms with E-state index in [0.717, 1.165) is 11.0 Å². The minimum atomic E-state index is -0.659. The second-order valence-electron chi connectivity index (χ2n) is 3.46. The van der Waals surface area contributed by atoms with E-state index in [1.54, 1.807) is 18.2 Å². The molecular weight excluding hydrogens is 225 g/mol. The molecule has 0 aliphatic carbocycles. The summed E-state index contributed by atoms with van der Waals surface area (Å²) in [6.07, 6.45) is 1.84. The number of amides is 2. The van der Waals surface area contributed by atoms with Gasteiger partial charge < -0.3 is 4.74 Å². The number of cyclic esters (lactones) is 1. The summed E-state index contributed by atoms with van der Waals surface area (Å²) in [6, 6.07) is 6.07. The van der Waals surface area contributed by atoms with Gasteiger partial charge in [-0.25, -0.2) is 14.1 Å². The molecule has 2 rings (SSSR count). The Bertz CT molecular complexity index is 484. The van der Waals surface area contributed by atoms with Gasteiger partial charge in [0.05, 0.1) is 6.54 Å². The molecule has 0 saturated carbocycles. The molecule has 2 amide bonds. The van der Waals surface area contributed by atoms with Crippen molar-refractivity contribution >= 4 is 18.1 Å². The zero-order valence-electron chi connectivity index (χ0n) is 8.93. The summed E-state index contributed by atoms with van der Waals surface area (Å²) in [5.74, 6) is -0.920. The molecule has 17 heavy (non-hydrogen) atoms. The summed E-state index contributed by atoms with van der Waals surface area (Å²) in [7, 11) is 0. The number of hydrogen-bond acceptors (Lipinski definition) is 3. The highest BCUT2D eigenvalue weighted by atomic mass is 19.1. The Kier molecular flexibility index (Phi) is 3.18. The normalized spacial score (nSPS) is 15.4. The van der Waals surface area contributed by atoms with Gasteiger partial charge in [0.2, 0.25) is 0 Å². The van der Waals surface area contributed by atoms with E-state index in [2.05, 4.69) is 4.74 Å². The average molecular weight is 235 g/mol. The van der Waals surface area contributed by atoms with E-state index >= 15 is 0 Å². The zero-order chi connectivity index (χ0) is 12.3. The molecule has 1 fully saturated rings. The maximum atomic E-state index is 13.2. The van der Waals surface area contributed by atoms with Gasteiger partial charge in [-0.1, -0.05) is 18.2 Å². The number of imide groups is 1. The number of benzene rings is 1. The fourth-order valence-corrected chi connectivity index (χ4v) is 1.45. The maximum Gasteiger partial charge on any atom is 0.416 e. The Balaban J connectivity index is 2.08. The van der Waals surface area contributed by atoms with Gasteiger partial charge in [-0.3, -0.25) is 4.79 Å². The molecule has 0 bridgehead atoms. The summed E-state index contributed by atoms with van der Waals surface area (Å²) in [5, 5.41) is 0. The molecule has 0 N–H and O–H groups in total. The molecule has 1 aliphatic heterocycles. The van der Waals surface area contributed by atoms with Crippen LogP contribution in [0, 0.1) is 5.82 Å². The molecule has 0 atom stereocenters. The smallest absolute Gasteiger partial charge is 0.416 e. The monoisotopic (exact) mass is 235 g/mol. The van der Waals surface area contributed by atoms with E-state index in [4.69, 9.17) is 0 Å². The van der Waals surface area contributed by atoms with Crippen LogP contribution in [0.1, 0.15) is 5.56 Å². The lowest BCUT2D eigenvalue weighted by atomic mass is 10.2. The highest BCUT2D eigenvalue weighted by molar-refractivity contribution is 6.01. The van der Waals surface area contributed by atoms with Crippen LogP contribution in [-0.2, 0) is 9.53 Å². The van der Waals surface area contributed by atoms with Crippen LogP contribution in [0.5, 0.6) is 0 Å². The van der Waals surface area contributed by atoms with Crippen molar-refractivity contribution in [2.24, 2.45) is 0 Å². The van der Waals surface area contributed by atoms with Crippen molar-refractivity contribution in [2.75, 3.05) is 13.2 Å². The van der Waals surface area contributed by atoms with Crippen LogP contribution in [0.15, 0.2) is 30.3 Å². The number of hydrogen-bond donors (Lipinski definition) is 0. The van der Waals surface area contributed by atoms with Crippen molar-refractivity contribution in [1.82, 2.24) is 4.90 Å². The molecule has 4 nitrogen and oxygen atoms in total. The van der Waals surface area contributed by atoms with Crippen LogP contribution in [0.4, 0.5) is 9.18 Å². The first-order valence-electron chi connectivity index (χ1n) is 5.09.